The molecule has 5 aromatic rings. The van der Waals surface area contributed by atoms with Gasteiger partial charge in [-0.2, -0.15) is 0 Å². The van der Waals surface area contributed by atoms with Gasteiger partial charge < -0.3 is 0 Å². The van der Waals surface area contributed by atoms with Crippen LogP contribution in [0.4, 0.5) is 0 Å². The van der Waals surface area contributed by atoms with Crippen LogP contribution < -0.4 is 0 Å². The minimum absolute atomic E-state index is 0.847. The van der Waals surface area contributed by atoms with E-state index in [0.29, 0.717) is 0 Å². The lowest BCUT2D eigenvalue weighted by Gasteiger charge is -2.05. The maximum atomic E-state index is 4.75. The molecule has 0 spiro atoms. The van der Waals surface area contributed by atoms with Gasteiger partial charge >= 0.3 is 0 Å². The molecule has 24 heavy (non-hydrogen) atoms. The van der Waals surface area contributed by atoms with Gasteiger partial charge in [-0.25, -0.2) is 19.9 Å². The van der Waals surface area contributed by atoms with E-state index in [1.807, 2.05) is 24.3 Å². The molecule has 4 nitrogen and oxygen atoms in total. The average Bonchev–Trinajstić information content (AvgIpc) is 2.56. The highest BCUT2D eigenvalue weighted by Crippen LogP contribution is 2.23. The quantitative estimate of drug-likeness (QED) is 0.395. The van der Waals surface area contributed by atoms with E-state index in [0.717, 1.165) is 44.1 Å². The number of nitrogens with zero attached hydrogens (tertiary/aromatic N) is 4. The van der Waals surface area contributed by atoms with Crippen LogP contribution in [-0.4, -0.2) is 19.9 Å². The summed E-state index contributed by atoms with van der Waals surface area (Å²) < 4.78 is 0. The van der Waals surface area contributed by atoms with Crippen LogP contribution in [0.25, 0.3) is 44.1 Å². The van der Waals surface area contributed by atoms with Gasteiger partial charge in [0.25, 0.3) is 0 Å². The number of rotatable bonds is 0. The van der Waals surface area contributed by atoms with Crippen molar-refractivity contribution in [1.29, 1.82) is 0 Å². The fourth-order valence-electron chi connectivity index (χ4n) is 3.07. The summed E-state index contributed by atoms with van der Waals surface area (Å²) in [5, 5.41) is 0. The molecule has 0 saturated carbocycles. The van der Waals surface area contributed by atoms with Crippen molar-refractivity contribution in [3.05, 3.63) is 59.7 Å². The minimum atomic E-state index is 0.847. The van der Waals surface area contributed by atoms with E-state index in [1.165, 1.54) is 11.1 Å². The summed E-state index contributed by atoms with van der Waals surface area (Å²) in [5.41, 5.74) is 9.37. The molecule has 3 aromatic carbocycles. The first kappa shape index (κ1) is 13.3. The fourth-order valence-corrected chi connectivity index (χ4v) is 3.07. The Labute approximate surface area is 138 Å². The summed E-state index contributed by atoms with van der Waals surface area (Å²) in [6.07, 6.45) is 0. The SMILES string of the molecule is Cc1ccc2nc3cc4nc5cc(C)ccc5nc4cc3nc2c1. The van der Waals surface area contributed by atoms with Crippen LogP contribution in [0, 0.1) is 13.8 Å². The Morgan fingerprint density at radius 3 is 1.17 bits per heavy atom. The largest absolute Gasteiger partial charge is 0.244 e. The lowest BCUT2D eigenvalue weighted by molar-refractivity contribution is 1.35. The summed E-state index contributed by atoms with van der Waals surface area (Å²) in [5.74, 6) is 0. The smallest absolute Gasteiger partial charge is 0.0917 e. The summed E-state index contributed by atoms with van der Waals surface area (Å²) >= 11 is 0. The van der Waals surface area contributed by atoms with Gasteiger partial charge in [0.1, 0.15) is 0 Å². The van der Waals surface area contributed by atoms with Gasteiger partial charge in [0.2, 0.25) is 0 Å². The van der Waals surface area contributed by atoms with Crippen molar-refractivity contribution in [3.63, 3.8) is 0 Å². The van der Waals surface area contributed by atoms with Crippen molar-refractivity contribution in [1.82, 2.24) is 19.9 Å². The van der Waals surface area contributed by atoms with Crippen molar-refractivity contribution in [2.45, 2.75) is 13.8 Å². The molecule has 0 saturated heterocycles. The number of hydrogen-bond donors (Lipinski definition) is 0. The van der Waals surface area contributed by atoms with E-state index in [9.17, 15) is 0 Å². The van der Waals surface area contributed by atoms with E-state index >= 15 is 0 Å². The maximum absolute atomic E-state index is 4.75. The number of benzene rings is 3. The second-order valence-corrected chi connectivity index (χ2v) is 6.26. The maximum Gasteiger partial charge on any atom is 0.0917 e. The van der Waals surface area contributed by atoms with E-state index in [-0.39, 0.29) is 0 Å². The van der Waals surface area contributed by atoms with E-state index in [2.05, 4.69) is 38.1 Å². The first-order valence-corrected chi connectivity index (χ1v) is 7.92. The van der Waals surface area contributed by atoms with Gasteiger partial charge in [0, 0.05) is 0 Å². The van der Waals surface area contributed by atoms with Gasteiger partial charge in [-0.1, -0.05) is 12.1 Å². The molecule has 0 amide bonds. The average molecular weight is 310 g/mol. The van der Waals surface area contributed by atoms with Crippen molar-refractivity contribution in [3.8, 4) is 0 Å². The highest BCUT2D eigenvalue weighted by Gasteiger charge is 2.07. The van der Waals surface area contributed by atoms with Gasteiger partial charge in [0.15, 0.2) is 0 Å². The Bertz CT molecular complexity index is 1170. The Kier molecular flexibility index (Phi) is 2.59. The van der Waals surface area contributed by atoms with Crippen molar-refractivity contribution >= 4 is 44.1 Å². The first-order valence-electron chi connectivity index (χ1n) is 7.92. The summed E-state index contributed by atoms with van der Waals surface area (Å²) in [6.45, 7) is 4.12. The lowest BCUT2D eigenvalue weighted by atomic mass is 10.1. The van der Waals surface area contributed by atoms with Gasteiger partial charge in [-0.05, 0) is 61.4 Å². The molecule has 114 valence electrons. The van der Waals surface area contributed by atoms with Crippen LogP contribution >= 0.6 is 0 Å². The fraction of sp³-hybridized carbons (Fsp3) is 0.100. The normalized spacial score (nSPS) is 11.8. The molecule has 0 radical (unpaired) electrons. The minimum Gasteiger partial charge on any atom is -0.244 e. The second kappa shape index (κ2) is 4.68. The molecule has 5 rings (SSSR count). The van der Waals surface area contributed by atoms with Crippen molar-refractivity contribution < 1.29 is 0 Å². The Morgan fingerprint density at radius 2 is 0.750 bits per heavy atom. The molecule has 0 aliphatic heterocycles. The molecular weight excluding hydrogens is 296 g/mol. The zero-order valence-corrected chi connectivity index (χ0v) is 13.4. The van der Waals surface area contributed by atoms with E-state index in [4.69, 9.17) is 19.9 Å². The summed E-state index contributed by atoms with van der Waals surface area (Å²) in [7, 11) is 0. The van der Waals surface area contributed by atoms with E-state index in [1.54, 1.807) is 0 Å². The molecule has 2 heterocycles. The van der Waals surface area contributed by atoms with Crippen LogP contribution in [0.3, 0.4) is 0 Å². The zero-order valence-electron chi connectivity index (χ0n) is 13.4. The molecule has 0 N–H and O–H groups in total. The van der Waals surface area contributed by atoms with Gasteiger partial charge in [-0.15, -0.1) is 0 Å². The molecule has 0 aliphatic carbocycles. The third-order valence-electron chi connectivity index (χ3n) is 4.30. The van der Waals surface area contributed by atoms with Gasteiger partial charge in [-0.3, -0.25) is 0 Å². The molecular formula is C20H14N4. The van der Waals surface area contributed by atoms with Crippen molar-refractivity contribution in [2.24, 2.45) is 0 Å². The number of aryl methyl sites for hydroxylation is 2. The lowest BCUT2D eigenvalue weighted by Crippen LogP contribution is -1.92. The standard InChI is InChI=1S/C20H14N4/c1-11-3-5-13-15(7-11)23-19-9-18-20(10-17(19)21-13)24-16-8-12(2)4-6-14(16)22-18/h3-10H,1-2H3. The molecule has 0 bridgehead atoms. The molecule has 4 heteroatoms. The van der Waals surface area contributed by atoms with E-state index < -0.39 is 0 Å². The Morgan fingerprint density at radius 1 is 0.417 bits per heavy atom. The van der Waals surface area contributed by atoms with Crippen LogP contribution in [0.5, 0.6) is 0 Å². The van der Waals surface area contributed by atoms with Crippen LogP contribution in [-0.2, 0) is 0 Å². The Hall–Kier alpha value is -3.14. The topological polar surface area (TPSA) is 51.6 Å². The second-order valence-electron chi connectivity index (χ2n) is 6.26. The molecule has 0 fully saturated rings. The number of aromatic nitrogens is 4. The third kappa shape index (κ3) is 2.00. The monoisotopic (exact) mass is 310 g/mol. The number of fused-ring (bicyclic) bond motifs is 4. The van der Waals surface area contributed by atoms with Crippen LogP contribution in [0.2, 0.25) is 0 Å². The molecule has 0 aliphatic rings. The first-order chi connectivity index (χ1) is 11.7. The summed E-state index contributed by atoms with van der Waals surface area (Å²) in [6, 6.07) is 16.2. The number of hydrogen-bond acceptors (Lipinski definition) is 4. The predicted octanol–water partition coefficient (Wildman–Crippen LogP) is 4.50. The predicted molar refractivity (Wildman–Crippen MR) is 97.1 cm³/mol. The highest BCUT2D eigenvalue weighted by atomic mass is 14.8. The zero-order chi connectivity index (χ0) is 16.3. The Balaban J connectivity index is 1.88. The highest BCUT2D eigenvalue weighted by molar-refractivity contribution is 5.97. The molecule has 2 aromatic heterocycles. The summed E-state index contributed by atoms with van der Waals surface area (Å²) in [4.78, 5) is 19.0. The van der Waals surface area contributed by atoms with Crippen molar-refractivity contribution in [2.75, 3.05) is 0 Å². The molecule has 0 atom stereocenters. The third-order valence-corrected chi connectivity index (χ3v) is 4.30. The van der Waals surface area contributed by atoms with Gasteiger partial charge in [0.05, 0.1) is 44.1 Å². The molecule has 0 unspecified atom stereocenters. The van der Waals surface area contributed by atoms with Crippen LogP contribution in [0.15, 0.2) is 48.5 Å². The van der Waals surface area contributed by atoms with Crippen LogP contribution in [0.1, 0.15) is 11.1 Å².